The number of carbonyl (C=O) groups is 2. The molecular weight excluding hydrogens is 510 g/mol. The molecule has 0 bridgehead atoms. The zero-order valence-corrected chi connectivity index (χ0v) is 21.7. The van der Waals surface area contributed by atoms with Gasteiger partial charge in [-0.1, -0.05) is 35.5 Å². The molecule has 3 heterocycles. The predicted octanol–water partition coefficient (Wildman–Crippen LogP) is 3.27. The maximum atomic E-state index is 13.5. The molecule has 0 N–H and O–H groups in total. The van der Waals surface area contributed by atoms with Gasteiger partial charge in [0, 0.05) is 37.7 Å². The summed E-state index contributed by atoms with van der Waals surface area (Å²) in [5.74, 6) is -0.0932. The SMILES string of the molecule is C[C@@H]1CN(C(=O)c2ccccc2)CCN1S(=O)(=O)c1ccc(-c2cn(-c3ccc(CC=O)cc3)nn2)s1. The largest absolute Gasteiger partial charge is 0.336 e. The molecule has 0 aliphatic carbocycles. The lowest BCUT2D eigenvalue weighted by Crippen LogP contribution is -2.55. The zero-order chi connectivity index (χ0) is 26.0. The first-order valence-corrected chi connectivity index (χ1v) is 14.0. The van der Waals surface area contributed by atoms with E-state index in [1.807, 2.05) is 49.4 Å². The molecule has 190 valence electrons. The first-order chi connectivity index (χ1) is 17.9. The van der Waals surface area contributed by atoms with Crippen LogP contribution in [0.4, 0.5) is 0 Å². The van der Waals surface area contributed by atoms with Crippen molar-refractivity contribution in [3.8, 4) is 16.3 Å². The lowest BCUT2D eigenvalue weighted by Gasteiger charge is -2.38. The van der Waals surface area contributed by atoms with Crippen molar-refractivity contribution >= 4 is 33.6 Å². The van der Waals surface area contributed by atoms with Crippen molar-refractivity contribution in [2.24, 2.45) is 0 Å². The van der Waals surface area contributed by atoms with Crippen LogP contribution in [0.15, 0.2) is 77.1 Å². The summed E-state index contributed by atoms with van der Waals surface area (Å²) < 4.78 is 30.2. The molecule has 1 fully saturated rings. The van der Waals surface area contributed by atoms with Gasteiger partial charge in [-0.3, -0.25) is 4.79 Å². The van der Waals surface area contributed by atoms with Crippen LogP contribution >= 0.6 is 11.3 Å². The van der Waals surface area contributed by atoms with Crippen molar-refractivity contribution in [1.82, 2.24) is 24.2 Å². The third-order valence-electron chi connectivity index (χ3n) is 6.28. The Hall–Kier alpha value is -3.67. The van der Waals surface area contributed by atoms with Crippen LogP contribution in [-0.4, -0.2) is 70.5 Å². The highest BCUT2D eigenvalue weighted by Gasteiger charge is 2.36. The number of amides is 1. The first-order valence-electron chi connectivity index (χ1n) is 11.8. The number of piperazine rings is 1. The summed E-state index contributed by atoms with van der Waals surface area (Å²) in [4.78, 5) is 25.9. The van der Waals surface area contributed by atoms with Crippen molar-refractivity contribution < 1.29 is 18.0 Å². The summed E-state index contributed by atoms with van der Waals surface area (Å²) in [5, 5.41) is 8.39. The summed E-state index contributed by atoms with van der Waals surface area (Å²) in [6.45, 7) is 2.70. The third-order valence-corrected chi connectivity index (χ3v) is 9.87. The lowest BCUT2D eigenvalue weighted by molar-refractivity contribution is -0.107. The van der Waals surface area contributed by atoms with E-state index in [4.69, 9.17) is 0 Å². The molecule has 2 aromatic heterocycles. The minimum Gasteiger partial charge on any atom is -0.336 e. The van der Waals surface area contributed by atoms with Crippen molar-refractivity contribution in [3.63, 3.8) is 0 Å². The van der Waals surface area contributed by atoms with E-state index in [0.29, 0.717) is 35.6 Å². The topological polar surface area (TPSA) is 105 Å². The second kappa shape index (κ2) is 10.4. The summed E-state index contributed by atoms with van der Waals surface area (Å²) in [6.07, 6.45) is 2.95. The number of hydrogen-bond acceptors (Lipinski definition) is 7. The normalized spacial score (nSPS) is 16.6. The Morgan fingerprint density at radius 3 is 2.51 bits per heavy atom. The van der Waals surface area contributed by atoms with Crippen LogP contribution in [0.3, 0.4) is 0 Å². The predicted molar refractivity (Wildman–Crippen MR) is 140 cm³/mol. The molecule has 1 atom stereocenters. The molecule has 4 aromatic rings. The van der Waals surface area contributed by atoms with E-state index >= 15 is 0 Å². The maximum absolute atomic E-state index is 13.5. The number of thiophene rings is 1. The van der Waals surface area contributed by atoms with Gasteiger partial charge in [0.1, 0.15) is 16.2 Å². The smallest absolute Gasteiger partial charge is 0.253 e. The monoisotopic (exact) mass is 535 g/mol. The molecule has 1 saturated heterocycles. The number of carbonyl (C=O) groups excluding carboxylic acids is 2. The maximum Gasteiger partial charge on any atom is 0.253 e. The highest BCUT2D eigenvalue weighted by molar-refractivity contribution is 7.91. The summed E-state index contributed by atoms with van der Waals surface area (Å²) in [6, 6.07) is 19.4. The van der Waals surface area contributed by atoms with E-state index in [1.54, 1.807) is 40.0 Å². The Kier molecular flexibility index (Phi) is 7.00. The van der Waals surface area contributed by atoms with E-state index in [9.17, 15) is 18.0 Å². The van der Waals surface area contributed by atoms with Gasteiger partial charge in [-0.25, -0.2) is 13.1 Å². The molecule has 0 spiro atoms. The highest BCUT2D eigenvalue weighted by atomic mass is 32.2. The van der Waals surface area contributed by atoms with Gasteiger partial charge < -0.3 is 9.69 Å². The fraction of sp³-hybridized carbons (Fsp3) is 0.231. The van der Waals surface area contributed by atoms with Gasteiger partial charge in [-0.2, -0.15) is 4.31 Å². The van der Waals surface area contributed by atoms with Crippen molar-refractivity contribution in [1.29, 1.82) is 0 Å². The van der Waals surface area contributed by atoms with Crippen LogP contribution < -0.4 is 0 Å². The molecule has 9 nitrogen and oxygen atoms in total. The Morgan fingerprint density at radius 1 is 1.05 bits per heavy atom. The third kappa shape index (κ3) is 5.10. The van der Waals surface area contributed by atoms with Crippen LogP contribution in [0, 0.1) is 0 Å². The molecule has 37 heavy (non-hydrogen) atoms. The molecule has 5 rings (SSSR count). The molecule has 2 aromatic carbocycles. The van der Waals surface area contributed by atoms with E-state index < -0.39 is 10.0 Å². The second-order valence-electron chi connectivity index (χ2n) is 8.79. The van der Waals surface area contributed by atoms with Gasteiger partial charge in [0.25, 0.3) is 15.9 Å². The van der Waals surface area contributed by atoms with Crippen molar-refractivity contribution in [2.75, 3.05) is 19.6 Å². The average Bonchev–Trinajstić information content (AvgIpc) is 3.60. The molecular formula is C26H25N5O4S2. The molecule has 1 aliphatic heterocycles. The van der Waals surface area contributed by atoms with Gasteiger partial charge in [0.05, 0.1) is 16.8 Å². The standard InChI is InChI=1S/C26H25N5O4S2/c1-19-17-29(26(33)21-5-3-2-4-6-21)14-15-31(19)37(34,35)25-12-11-24(36-25)23-18-30(28-27-23)22-9-7-20(8-10-22)13-16-32/h2-12,16,18-19H,13-15,17H2,1H3/t19-/m1/s1. The fourth-order valence-electron chi connectivity index (χ4n) is 4.34. The number of aromatic nitrogens is 3. The zero-order valence-electron chi connectivity index (χ0n) is 20.1. The number of sulfonamides is 1. The van der Waals surface area contributed by atoms with E-state index in [0.717, 1.165) is 28.9 Å². The Labute approximate surface area is 219 Å². The highest BCUT2D eigenvalue weighted by Crippen LogP contribution is 2.33. The molecule has 11 heteroatoms. The summed E-state index contributed by atoms with van der Waals surface area (Å²) in [7, 11) is -3.74. The summed E-state index contributed by atoms with van der Waals surface area (Å²) in [5.41, 5.74) is 2.86. The molecule has 0 unspecified atom stereocenters. The first kappa shape index (κ1) is 25.0. The number of rotatable bonds is 7. The van der Waals surface area contributed by atoms with E-state index in [1.165, 1.54) is 4.31 Å². The van der Waals surface area contributed by atoms with Crippen LogP contribution in [0.5, 0.6) is 0 Å². The minimum absolute atomic E-state index is 0.0932. The quantitative estimate of drug-likeness (QED) is 0.337. The van der Waals surface area contributed by atoms with Gasteiger partial charge in [-0.05, 0) is 48.9 Å². The molecule has 0 radical (unpaired) electrons. The minimum atomic E-state index is -3.74. The van der Waals surface area contributed by atoms with Crippen LogP contribution in [0.25, 0.3) is 16.3 Å². The molecule has 1 aliphatic rings. The Bertz CT molecular complexity index is 1510. The van der Waals surface area contributed by atoms with Crippen molar-refractivity contribution in [3.05, 3.63) is 84.1 Å². The second-order valence-corrected chi connectivity index (χ2v) is 12.0. The number of hydrogen-bond donors (Lipinski definition) is 0. The Balaban J connectivity index is 1.29. The number of benzene rings is 2. The lowest BCUT2D eigenvalue weighted by atomic mass is 10.1. The van der Waals surface area contributed by atoms with Gasteiger partial charge in [0.15, 0.2) is 0 Å². The van der Waals surface area contributed by atoms with Gasteiger partial charge in [-0.15, -0.1) is 16.4 Å². The molecule has 1 amide bonds. The molecule has 0 saturated carbocycles. The van der Waals surface area contributed by atoms with Crippen LogP contribution in [0.2, 0.25) is 0 Å². The van der Waals surface area contributed by atoms with Crippen LogP contribution in [0.1, 0.15) is 22.8 Å². The number of nitrogens with zero attached hydrogens (tertiary/aromatic N) is 5. The Morgan fingerprint density at radius 2 is 1.81 bits per heavy atom. The van der Waals surface area contributed by atoms with E-state index in [-0.39, 0.29) is 22.7 Å². The van der Waals surface area contributed by atoms with E-state index in [2.05, 4.69) is 10.3 Å². The summed E-state index contributed by atoms with van der Waals surface area (Å²) >= 11 is 1.15. The average molecular weight is 536 g/mol. The number of aldehydes is 1. The van der Waals surface area contributed by atoms with Gasteiger partial charge in [0.2, 0.25) is 0 Å². The van der Waals surface area contributed by atoms with Crippen LogP contribution in [-0.2, 0) is 21.2 Å². The van der Waals surface area contributed by atoms with Crippen molar-refractivity contribution in [2.45, 2.75) is 23.6 Å². The fourth-order valence-corrected chi connectivity index (χ4v) is 7.34. The van der Waals surface area contributed by atoms with Gasteiger partial charge >= 0.3 is 0 Å².